The molecule has 0 radical (unpaired) electrons. The first-order chi connectivity index (χ1) is 18.3. The summed E-state index contributed by atoms with van der Waals surface area (Å²) in [5.41, 5.74) is 1.55. The van der Waals surface area contributed by atoms with E-state index in [1.54, 1.807) is 6.92 Å². The second-order valence-corrected chi connectivity index (χ2v) is 15.2. The van der Waals surface area contributed by atoms with Gasteiger partial charge in [0.05, 0.1) is 12.7 Å². The van der Waals surface area contributed by atoms with Gasteiger partial charge in [0.25, 0.3) is 0 Å². The molecule has 1 N–H and O–H groups in total. The highest BCUT2D eigenvalue weighted by Gasteiger charge is 2.61. The summed E-state index contributed by atoms with van der Waals surface area (Å²) in [4.78, 5) is 44.1. The van der Waals surface area contributed by atoms with Crippen LogP contribution in [0.2, 0.25) is 0 Å². The third kappa shape index (κ3) is 6.72. The van der Waals surface area contributed by atoms with E-state index in [-0.39, 0.29) is 57.0 Å². The van der Waals surface area contributed by atoms with Crippen molar-refractivity contribution in [3.05, 3.63) is 11.6 Å². The highest BCUT2D eigenvalue weighted by Crippen LogP contribution is 2.66. The van der Waals surface area contributed by atoms with Crippen molar-refractivity contribution in [2.75, 3.05) is 7.11 Å². The third-order valence-electron chi connectivity index (χ3n) is 11.5. The quantitative estimate of drug-likeness (QED) is 0.234. The number of nitriles is 1. The highest BCUT2D eigenvalue weighted by molar-refractivity contribution is 6.01. The molecule has 0 aromatic rings. The summed E-state index contributed by atoms with van der Waals surface area (Å²) in [6.45, 7) is 21.5. The van der Waals surface area contributed by atoms with Gasteiger partial charge in [-0.1, -0.05) is 74.8 Å². The lowest BCUT2D eigenvalue weighted by Crippen LogP contribution is -2.57. The van der Waals surface area contributed by atoms with Crippen molar-refractivity contribution in [3.8, 4) is 6.07 Å². The van der Waals surface area contributed by atoms with Crippen molar-refractivity contribution in [1.82, 2.24) is 5.48 Å². The van der Waals surface area contributed by atoms with Crippen molar-refractivity contribution >= 4 is 17.5 Å². The number of hydrogen-bond donors (Lipinski definition) is 1. The van der Waals surface area contributed by atoms with Gasteiger partial charge < -0.3 is 4.79 Å². The van der Waals surface area contributed by atoms with Crippen LogP contribution in [-0.2, 0) is 19.2 Å². The fourth-order valence-corrected chi connectivity index (χ4v) is 8.18. The molecule has 0 bridgehead atoms. The first-order valence-corrected chi connectivity index (χ1v) is 15.3. The zero-order chi connectivity index (χ0) is 30.7. The second-order valence-electron chi connectivity index (χ2n) is 15.2. The van der Waals surface area contributed by atoms with Gasteiger partial charge in [0, 0.05) is 17.8 Å². The van der Waals surface area contributed by atoms with Gasteiger partial charge in [0.15, 0.2) is 5.78 Å². The standard InChI is InChI=1S/C34H56N2O4/c1-12-14-30(4,5)16-18-32(8,29(39)36-40-11)19-17-31(6,7)34(10)15-13-26-24(3)28(38)25(22-35)21-33(26,9)27(34)20-23(2)37/h21,24,26-27H,12-20H2,1-11H3,(H,36,39)/t24-,26-,27+,32-,33-,34+/m0/s1. The maximum atomic E-state index is 13.3. The molecule has 0 aromatic carbocycles. The number of amides is 1. The number of fused-ring (bicyclic) bond motifs is 1. The van der Waals surface area contributed by atoms with E-state index in [4.69, 9.17) is 4.84 Å². The van der Waals surface area contributed by atoms with Gasteiger partial charge in [-0.2, -0.15) is 5.26 Å². The number of allylic oxidation sites excluding steroid dienone is 2. The molecule has 2 aliphatic rings. The Morgan fingerprint density at radius 3 is 2.23 bits per heavy atom. The smallest absolute Gasteiger partial charge is 0.249 e. The summed E-state index contributed by atoms with van der Waals surface area (Å²) < 4.78 is 0. The van der Waals surface area contributed by atoms with Crippen molar-refractivity contribution < 1.29 is 19.2 Å². The Balaban J connectivity index is 2.47. The van der Waals surface area contributed by atoms with Gasteiger partial charge >= 0.3 is 0 Å². The number of nitrogens with zero attached hydrogens (tertiary/aromatic N) is 1. The normalized spacial score (nSPS) is 30.5. The van der Waals surface area contributed by atoms with Gasteiger partial charge in [-0.3, -0.25) is 14.4 Å². The number of hydrogen-bond acceptors (Lipinski definition) is 5. The minimum atomic E-state index is -0.592. The van der Waals surface area contributed by atoms with Gasteiger partial charge in [-0.25, -0.2) is 5.48 Å². The molecule has 0 spiro atoms. The van der Waals surface area contributed by atoms with E-state index in [9.17, 15) is 19.6 Å². The van der Waals surface area contributed by atoms with E-state index >= 15 is 0 Å². The van der Waals surface area contributed by atoms with Crippen LogP contribution in [0.3, 0.4) is 0 Å². The first kappa shape index (κ1) is 34.2. The summed E-state index contributed by atoms with van der Waals surface area (Å²) in [6.07, 6.45) is 9.56. The van der Waals surface area contributed by atoms with Gasteiger partial charge in [0.1, 0.15) is 11.9 Å². The number of carbonyl (C=O) groups excluding carboxylic acids is 3. The van der Waals surface area contributed by atoms with Crippen LogP contribution in [-0.4, -0.2) is 24.6 Å². The molecule has 1 fully saturated rings. The fraction of sp³-hybridized carbons (Fsp3) is 0.824. The van der Waals surface area contributed by atoms with E-state index in [2.05, 4.69) is 66.9 Å². The molecule has 40 heavy (non-hydrogen) atoms. The molecule has 6 nitrogen and oxygen atoms in total. The molecule has 0 aliphatic heterocycles. The number of rotatable bonds is 13. The van der Waals surface area contributed by atoms with E-state index in [0.29, 0.717) is 12.8 Å². The molecule has 2 aliphatic carbocycles. The Morgan fingerprint density at radius 2 is 1.70 bits per heavy atom. The van der Waals surface area contributed by atoms with Crippen molar-refractivity contribution in [2.45, 2.75) is 127 Å². The minimum Gasteiger partial charge on any atom is -0.300 e. The van der Waals surface area contributed by atoms with Crippen LogP contribution in [0.25, 0.3) is 0 Å². The largest absolute Gasteiger partial charge is 0.300 e. The molecule has 1 amide bonds. The Morgan fingerprint density at radius 1 is 1.10 bits per heavy atom. The van der Waals surface area contributed by atoms with E-state index < -0.39 is 10.8 Å². The SMILES string of the molecule is CCCC(C)(C)CC[C@@](C)(CCC(C)(C)[C@]1(C)CC[C@H]2[C@H](C)C(=O)C(C#N)=C[C@]2(C)[C@H]1CC(C)=O)C(=O)NOC. The summed E-state index contributed by atoms with van der Waals surface area (Å²) in [7, 11) is 1.48. The Kier molecular flexibility index (Phi) is 10.7. The molecular weight excluding hydrogens is 500 g/mol. The molecule has 0 saturated heterocycles. The molecular formula is C34H56N2O4. The van der Waals surface area contributed by atoms with Crippen molar-refractivity contribution in [3.63, 3.8) is 0 Å². The number of hydroxylamine groups is 1. The molecule has 6 atom stereocenters. The lowest BCUT2D eigenvalue weighted by molar-refractivity contribution is -0.148. The van der Waals surface area contributed by atoms with Crippen LogP contribution < -0.4 is 5.48 Å². The van der Waals surface area contributed by atoms with Crippen LogP contribution in [0.4, 0.5) is 0 Å². The zero-order valence-corrected chi connectivity index (χ0v) is 27.3. The highest BCUT2D eigenvalue weighted by atomic mass is 16.6. The van der Waals surface area contributed by atoms with Crippen LogP contribution in [0.1, 0.15) is 127 Å². The average molecular weight is 557 g/mol. The summed E-state index contributed by atoms with van der Waals surface area (Å²) >= 11 is 0. The lowest BCUT2D eigenvalue weighted by atomic mass is 9.41. The van der Waals surface area contributed by atoms with Crippen LogP contribution in [0, 0.1) is 56.2 Å². The zero-order valence-electron chi connectivity index (χ0n) is 27.3. The third-order valence-corrected chi connectivity index (χ3v) is 11.5. The van der Waals surface area contributed by atoms with Crippen molar-refractivity contribution in [2.24, 2.45) is 44.8 Å². The Labute approximate surface area is 244 Å². The van der Waals surface area contributed by atoms with Crippen molar-refractivity contribution in [1.29, 1.82) is 5.26 Å². The number of ketones is 2. The molecule has 0 heterocycles. The van der Waals surface area contributed by atoms with E-state index in [0.717, 1.165) is 44.9 Å². The number of nitrogens with one attached hydrogen (secondary N) is 1. The monoisotopic (exact) mass is 556 g/mol. The lowest BCUT2D eigenvalue weighted by Gasteiger charge is -2.62. The maximum absolute atomic E-state index is 13.3. The summed E-state index contributed by atoms with van der Waals surface area (Å²) in [5.74, 6) is -0.176. The van der Waals surface area contributed by atoms with E-state index in [1.165, 1.54) is 7.11 Å². The topological polar surface area (TPSA) is 96.3 Å². The van der Waals surface area contributed by atoms with Gasteiger partial charge in [0.2, 0.25) is 5.91 Å². The van der Waals surface area contributed by atoms with Gasteiger partial charge in [-0.05, 0) is 85.4 Å². The number of Topliss-reactive ketones (excluding diaryl/α,β-unsaturated/α-hetero) is 2. The minimum absolute atomic E-state index is 0.0207. The van der Waals surface area contributed by atoms with Crippen LogP contribution in [0.5, 0.6) is 0 Å². The summed E-state index contributed by atoms with van der Waals surface area (Å²) in [6, 6.07) is 2.16. The molecule has 6 heteroatoms. The fourth-order valence-electron chi connectivity index (χ4n) is 8.18. The average Bonchev–Trinajstić information content (AvgIpc) is 2.86. The molecule has 1 saturated carbocycles. The predicted molar refractivity (Wildman–Crippen MR) is 160 cm³/mol. The van der Waals surface area contributed by atoms with Gasteiger partial charge in [-0.15, -0.1) is 0 Å². The van der Waals surface area contributed by atoms with E-state index in [1.807, 2.05) is 13.0 Å². The summed E-state index contributed by atoms with van der Waals surface area (Å²) in [5, 5.41) is 9.80. The Bertz CT molecular complexity index is 1040. The van der Waals surface area contributed by atoms with Crippen LogP contribution >= 0.6 is 0 Å². The molecule has 2 rings (SSSR count). The predicted octanol–water partition coefficient (Wildman–Crippen LogP) is 7.77. The molecule has 0 aromatic heterocycles. The Hall–Kier alpha value is -2.00. The molecule has 226 valence electrons. The second kappa shape index (κ2) is 12.5. The first-order valence-electron chi connectivity index (χ1n) is 15.3. The molecule has 0 unspecified atom stereocenters. The number of carbonyl (C=O) groups is 3. The van der Waals surface area contributed by atoms with Crippen LogP contribution in [0.15, 0.2) is 11.6 Å². The maximum Gasteiger partial charge on any atom is 0.249 e.